The van der Waals surface area contributed by atoms with Crippen LogP contribution in [0.3, 0.4) is 0 Å². The van der Waals surface area contributed by atoms with Gasteiger partial charge in [-0.15, -0.1) is 0 Å². The van der Waals surface area contributed by atoms with E-state index in [2.05, 4.69) is 50.9 Å². The minimum atomic E-state index is 0.217. The van der Waals surface area contributed by atoms with Gasteiger partial charge in [-0.25, -0.2) is 9.97 Å². The van der Waals surface area contributed by atoms with Crippen molar-refractivity contribution < 1.29 is 4.79 Å². The second-order valence-electron chi connectivity index (χ2n) is 7.41. The van der Waals surface area contributed by atoms with E-state index in [1.165, 1.54) is 10.9 Å². The van der Waals surface area contributed by atoms with Crippen LogP contribution in [0.15, 0.2) is 48.8 Å². The van der Waals surface area contributed by atoms with Gasteiger partial charge in [-0.1, -0.05) is 18.2 Å². The van der Waals surface area contributed by atoms with E-state index >= 15 is 0 Å². The molecule has 1 saturated heterocycles. The summed E-state index contributed by atoms with van der Waals surface area (Å²) in [6.07, 6.45) is 5.23. The highest BCUT2D eigenvalue weighted by molar-refractivity contribution is 5.80. The Morgan fingerprint density at radius 2 is 2.14 bits per heavy atom. The van der Waals surface area contributed by atoms with E-state index in [0.29, 0.717) is 37.2 Å². The fraction of sp³-hybridized carbons (Fsp3) is 0.381. The molecule has 1 amide bonds. The number of likely N-dealkylation sites (N-methyl/N-ethyl adjacent to an activating group) is 1. The highest BCUT2D eigenvalue weighted by Gasteiger charge is 2.28. The number of amides is 1. The van der Waals surface area contributed by atoms with Gasteiger partial charge in [-0.3, -0.25) is 9.69 Å². The number of para-hydroxylation sites is 1. The Morgan fingerprint density at radius 1 is 1.29 bits per heavy atom. The van der Waals surface area contributed by atoms with Gasteiger partial charge in [0.05, 0.1) is 6.54 Å². The summed E-state index contributed by atoms with van der Waals surface area (Å²) in [6.45, 7) is 2.90. The molecule has 7 heteroatoms. The molecule has 146 valence electrons. The first-order valence-electron chi connectivity index (χ1n) is 9.69. The van der Waals surface area contributed by atoms with Crippen molar-refractivity contribution in [3.8, 4) is 0 Å². The zero-order chi connectivity index (χ0) is 19.5. The zero-order valence-electron chi connectivity index (χ0n) is 16.2. The van der Waals surface area contributed by atoms with Crippen LogP contribution in [0.5, 0.6) is 0 Å². The van der Waals surface area contributed by atoms with E-state index in [-0.39, 0.29) is 5.91 Å². The summed E-state index contributed by atoms with van der Waals surface area (Å²) in [7, 11) is 2.05. The molecule has 2 N–H and O–H groups in total. The molecule has 28 heavy (non-hydrogen) atoms. The Kier molecular flexibility index (Phi) is 5.25. The van der Waals surface area contributed by atoms with Crippen LogP contribution in [0.4, 0.5) is 5.82 Å². The van der Waals surface area contributed by atoms with Crippen molar-refractivity contribution in [2.45, 2.75) is 32.0 Å². The fourth-order valence-electron chi connectivity index (χ4n) is 3.88. The molecule has 4 rings (SSSR count). The Labute approximate surface area is 164 Å². The SMILES string of the molecule is CN(Cc1nccc(N)n1)[C@H]1CCN(C(=O)CCn2ccc3ccccc32)C1. The Bertz CT molecular complexity index is 968. The monoisotopic (exact) mass is 378 g/mol. The van der Waals surface area contributed by atoms with Gasteiger partial charge in [-0.2, -0.15) is 0 Å². The molecule has 0 aliphatic carbocycles. The molecule has 1 fully saturated rings. The number of hydrogen-bond acceptors (Lipinski definition) is 5. The summed E-state index contributed by atoms with van der Waals surface area (Å²) in [4.78, 5) is 25.4. The van der Waals surface area contributed by atoms with Gasteiger partial charge >= 0.3 is 0 Å². The normalized spacial score (nSPS) is 16.9. The number of aryl methyl sites for hydroxylation is 1. The summed E-state index contributed by atoms with van der Waals surface area (Å²) < 4.78 is 2.16. The second-order valence-corrected chi connectivity index (χ2v) is 7.41. The van der Waals surface area contributed by atoms with Gasteiger partial charge in [-0.05, 0) is 37.1 Å². The largest absolute Gasteiger partial charge is 0.384 e. The van der Waals surface area contributed by atoms with Gasteiger partial charge in [0.15, 0.2) is 0 Å². The standard InChI is InChI=1S/C21H26N6O/c1-25(15-20-23-10-6-19(22)24-20)17-8-12-27(14-17)21(28)9-13-26-11-7-16-4-2-3-5-18(16)26/h2-7,10-11,17H,8-9,12-15H2,1H3,(H2,22,23,24)/t17-/m0/s1. The summed E-state index contributed by atoms with van der Waals surface area (Å²) in [5, 5.41) is 1.21. The van der Waals surface area contributed by atoms with Crippen LogP contribution in [0.1, 0.15) is 18.7 Å². The van der Waals surface area contributed by atoms with Crippen LogP contribution in [0.2, 0.25) is 0 Å². The van der Waals surface area contributed by atoms with Gasteiger partial charge < -0.3 is 15.2 Å². The van der Waals surface area contributed by atoms with E-state index in [0.717, 1.165) is 19.5 Å². The van der Waals surface area contributed by atoms with Crippen molar-refractivity contribution in [1.82, 2.24) is 24.3 Å². The fourth-order valence-corrected chi connectivity index (χ4v) is 3.88. The average Bonchev–Trinajstić information content (AvgIpc) is 3.34. The summed E-state index contributed by atoms with van der Waals surface area (Å²) >= 11 is 0. The summed E-state index contributed by atoms with van der Waals surface area (Å²) in [5.41, 5.74) is 6.91. The number of carbonyl (C=O) groups is 1. The predicted molar refractivity (Wildman–Crippen MR) is 109 cm³/mol. The molecule has 1 aromatic carbocycles. The van der Waals surface area contributed by atoms with Crippen molar-refractivity contribution >= 4 is 22.6 Å². The number of benzene rings is 1. The number of hydrogen-bond donors (Lipinski definition) is 1. The van der Waals surface area contributed by atoms with Crippen LogP contribution in [-0.2, 0) is 17.9 Å². The molecular formula is C21H26N6O. The second kappa shape index (κ2) is 7.98. The lowest BCUT2D eigenvalue weighted by molar-refractivity contribution is -0.130. The minimum Gasteiger partial charge on any atom is -0.384 e. The highest BCUT2D eigenvalue weighted by atomic mass is 16.2. The minimum absolute atomic E-state index is 0.217. The predicted octanol–water partition coefficient (Wildman–Crippen LogP) is 2.14. The molecule has 0 saturated carbocycles. The van der Waals surface area contributed by atoms with E-state index in [1.807, 2.05) is 17.0 Å². The first kappa shape index (κ1) is 18.4. The number of fused-ring (bicyclic) bond motifs is 1. The van der Waals surface area contributed by atoms with Crippen molar-refractivity contribution in [1.29, 1.82) is 0 Å². The number of anilines is 1. The molecular weight excluding hydrogens is 352 g/mol. The van der Waals surface area contributed by atoms with E-state index in [9.17, 15) is 4.79 Å². The Morgan fingerprint density at radius 3 is 3.00 bits per heavy atom. The molecule has 3 aromatic rings. The maximum atomic E-state index is 12.7. The maximum absolute atomic E-state index is 12.7. The van der Waals surface area contributed by atoms with E-state index in [1.54, 1.807) is 12.3 Å². The number of nitrogens with zero attached hydrogens (tertiary/aromatic N) is 5. The van der Waals surface area contributed by atoms with Gasteiger partial charge in [0.2, 0.25) is 5.91 Å². The summed E-state index contributed by atoms with van der Waals surface area (Å²) in [5.74, 6) is 1.42. The third kappa shape index (κ3) is 3.99. The quantitative estimate of drug-likeness (QED) is 0.711. The zero-order valence-corrected chi connectivity index (χ0v) is 16.2. The Balaban J connectivity index is 1.30. The van der Waals surface area contributed by atoms with E-state index < -0.39 is 0 Å². The molecule has 0 bridgehead atoms. The molecule has 7 nitrogen and oxygen atoms in total. The van der Waals surface area contributed by atoms with Crippen molar-refractivity contribution in [2.75, 3.05) is 25.9 Å². The molecule has 1 aliphatic heterocycles. The number of nitrogen functional groups attached to an aromatic ring is 1. The van der Waals surface area contributed by atoms with Gasteiger partial charge in [0.25, 0.3) is 0 Å². The van der Waals surface area contributed by atoms with Crippen LogP contribution in [-0.4, -0.2) is 56.4 Å². The van der Waals surface area contributed by atoms with Crippen LogP contribution >= 0.6 is 0 Å². The first-order chi connectivity index (χ1) is 13.6. The number of nitrogens with two attached hydrogens (primary N) is 1. The van der Waals surface area contributed by atoms with Gasteiger partial charge in [0.1, 0.15) is 11.6 Å². The molecule has 2 aromatic heterocycles. The van der Waals surface area contributed by atoms with Gasteiger partial charge in [0, 0.05) is 50.0 Å². The number of rotatable bonds is 6. The van der Waals surface area contributed by atoms with Crippen LogP contribution < -0.4 is 5.73 Å². The first-order valence-corrected chi connectivity index (χ1v) is 9.69. The summed E-state index contributed by atoms with van der Waals surface area (Å²) in [6, 6.07) is 12.4. The third-order valence-corrected chi connectivity index (χ3v) is 5.50. The lowest BCUT2D eigenvalue weighted by Gasteiger charge is -2.24. The van der Waals surface area contributed by atoms with Crippen LogP contribution in [0.25, 0.3) is 10.9 Å². The Hall–Kier alpha value is -2.93. The smallest absolute Gasteiger partial charge is 0.224 e. The lowest BCUT2D eigenvalue weighted by atomic mass is 10.2. The molecule has 1 atom stereocenters. The number of aromatic nitrogens is 3. The topological polar surface area (TPSA) is 80.3 Å². The maximum Gasteiger partial charge on any atom is 0.224 e. The number of likely N-dealkylation sites (tertiary alicyclic amines) is 1. The lowest BCUT2D eigenvalue weighted by Crippen LogP contribution is -2.36. The average molecular weight is 378 g/mol. The molecule has 1 aliphatic rings. The molecule has 3 heterocycles. The molecule has 0 unspecified atom stereocenters. The van der Waals surface area contributed by atoms with Crippen molar-refractivity contribution in [2.24, 2.45) is 0 Å². The third-order valence-electron chi connectivity index (χ3n) is 5.50. The molecule has 0 spiro atoms. The van der Waals surface area contributed by atoms with Crippen molar-refractivity contribution in [3.63, 3.8) is 0 Å². The van der Waals surface area contributed by atoms with Crippen LogP contribution in [0, 0.1) is 0 Å². The van der Waals surface area contributed by atoms with Crippen molar-refractivity contribution in [3.05, 3.63) is 54.6 Å². The number of carbonyl (C=O) groups excluding carboxylic acids is 1. The molecule has 0 radical (unpaired) electrons. The highest BCUT2D eigenvalue weighted by Crippen LogP contribution is 2.19. The van der Waals surface area contributed by atoms with E-state index in [4.69, 9.17) is 5.73 Å².